The number of amides is 1. The van der Waals surface area contributed by atoms with E-state index >= 15 is 0 Å². The summed E-state index contributed by atoms with van der Waals surface area (Å²) < 4.78 is 5.66. The van der Waals surface area contributed by atoms with E-state index < -0.39 is 0 Å². The van der Waals surface area contributed by atoms with Crippen LogP contribution < -0.4 is 4.90 Å². The number of rotatable bonds is 1. The van der Waals surface area contributed by atoms with Crippen LogP contribution in [0.1, 0.15) is 16.1 Å². The number of halogens is 1. The van der Waals surface area contributed by atoms with Gasteiger partial charge in [0.2, 0.25) is 0 Å². The molecule has 0 atom stereocenters. The van der Waals surface area contributed by atoms with Crippen LogP contribution in [0, 0.1) is 0 Å². The lowest BCUT2D eigenvalue weighted by Crippen LogP contribution is -2.28. The Kier molecular flexibility index (Phi) is 2.76. The van der Waals surface area contributed by atoms with E-state index in [-0.39, 0.29) is 5.91 Å². The lowest BCUT2D eigenvalue weighted by molar-refractivity contribution is 0.0965. The molecule has 1 aliphatic rings. The van der Waals surface area contributed by atoms with E-state index in [4.69, 9.17) is 16.0 Å². The van der Waals surface area contributed by atoms with E-state index in [0.29, 0.717) is 22.9 Å². The highest BCUT2D eigenvalue weighted by molar-refractivity contribution is 6.31. The molecule has 3 aromatic rings. The first-order chi connectivity index (χ1) is 10.2. The molecule has 0 saturated carbocycles. The smallest absolute Gasteiger partial charge is 0.294 e. The molecule has 2 aromatic carbocycles. The largest absolute Gasteiger partial charge is 0.451 e. The molecule has 2 heterocycles. The van der Waals surface area contributed by atoms with Gasteiger partial charge in [0.1, 0.15) is 5.58 Å². The Labute approximate surface area is 126 Å². The van der Waals surface area contributed by atoms with Gasteiger partial charge in [-0.1, -0.05) is 29.8 Å². The van der Waals surface area contributed by atoms with Gasteiger partial charge in [-0.3, -0.25) is 4.79 Å². The van der Waals surface area contributed by atoms with Crippen molar-refractivity contribution in [3.05, 3.63) is 64.9 Å². The third-order valence-corrected chi connectivity index (χ3v) is 4.06. The zero-order valence-electron chi connectivity index (χ0n) is 11.2. The van der Waals surface area contributed by atoms with Gasteiger partial charge < -0.3 is 9.32 Å². The fourth-order valence-electron chi connectivity index (χ4n) is 2.80. The van der Waals surface area contributed by atoms with E-state index in [1.54, 1.807) is 29.2 Å². The number of fused-ring (bicyclic) bond motifs is 2. The Morgan fingerprint density at radius 1 is 1.14 bits per heavy atom. The minimum Gasteiger partial charge on any atom is -0.451 e. The van der Waals surface area contributed by atoms with Crippen LogP contribution in [0.2, 0.25) is 5.02 Å². The number of para-hydroxylation sites is 1. The van der Waals surface area contributed by atoms with Gasteiger partial charge in [-0.25, -0.2) is 0 Å². The lowest BCUT2D eigenvalue weighted by Gasteiger charge is -2.15. The third kappa shape index (κ3) is 2.01. The number of anilines is 1. The van der Waals surface area contributed by atoms with E-state index in [0.717, 1.165) is 17.5 Å². The minimum atomic E-state index is -0.104. The number of hydrogen-bond acceptors (Lipinski definition) is 2. The van der Waals surface area contributed by atoms with Gasteiger partial charge in [-0.05, 0) is 42.3 Å². The molecular formula is C17H12ClNO2. The zero-order chi connectivity index (χ0) is 14.4. The Morgan fingerprint density at radius 3 is 2.90 bits per heavy atom. The molecule has 0 fully saturated rings. The molecule has 0 bridgehead atoms. The predicted molar refractivity (Wildman–Crippen MR) is 83.0 cm³/mol. The monoisotopic (exact) mass is 297 g/mol. The van der Waals surface area contributed by atoms with Crippen LogP contribution in [0.4, 0.5) is 5.69 Å². The van der Waals surface area contributed by atoms with Gasteiger partial charge in [0, 0.05) is 22.6 Å². The summed E-state index contributed by atoms with van der Waals surface area (Å²) >= 11 is 5.96. The molecule has 4 heteroatoms. The summed E-state index contributed by atoms with van der Waals surface area (Å²) in [7, 11) is 0. The van der Waals surface area contributed by atoms with Gasteiger partial charge in [0.05, 0.1) is 0 Å². The fourth-order valence-corrected chi connectivity index (χ4v) is 2.98. The number of benzene rings is 2. The highest BCUT2D eigenvalue weighted by Crippen LogP contribution is 2.30. The Hall–Kier alpha value is -2.26. The van der Waals surface area contributed by atoms with Gasteiger partial charge in [-0.2, -0.15) is 0 Å². The average molecular weight is 298 g/mol. The molecule has 1 amide bonds. The molecule has 21 heavy (non-hydrogen) atoms. The maximum absolute atomic E-state index is 12.7. The van der Waals surface area contributed by atoms with Crippen molar-refractivity contribution < 1.29 is 9.21 Å². The Balaban J connectivity index is 1.74. The van der Waals surface area contributed by atoms with Gasteiger partial charge >= 0.3 is 0 Å². The first-order valence-corrected chi connectivity index (χ1v) is 7.19. The molecule has 3 nitrogen and oxygen atoms in total. The molecule has 1 aromatic heterocycles. The SMILES string of the molecule is O=C(c1cc2cc(Cl)ccc2o1)N1CCc2ccccc21. The summed E-state index contributed by atoms with van der Waals surface area (Å²) in [4.78, 5) is 14.4. The second kappa shape index (κ2) is 4.64. The van der Waals surface area contributed by atoms with Crippen LogP contribution in [0.25, 0.3) is 11.0 Å². The maximum Gasteiger partial charge on any atom is 0.294 e. The lowest BCUT2D eigenvalue weighted by atomic mass is 10.2. The normalized spacial score (nSPS) is 13.7. The molecular weight excluding hydrogens is 286 g/mol. The van der Waals surface area contributed by atoms with Crippen molar-refractivity contribution in [3.8, 4) is 0 Å². The van der Waals surface area contributed by atoms with Crippen molar-refractivity contribution in [1.82, 2.24) is 0 Å². The van der Waals surface area contributed by atoms with Crippen LogP contribution >= 0.6 is 11.6 Å². The molecule has 0 N–H and O–H groups in total. The van der Waals surface area contributed by atoms with Gasteiger partial charge in [0.25, 0.3) is 5.91 Å². The predicted octanol–water partition coefficient (Wildman–Crippen LogP) is 4.29. The summed E-state index contributed by atoms with van der Waals surface area (Å²) in [5.74, 6) is 0.247. The summed E-state index contributed by atoms with van der Waals surface area (Å²) in [5, 5.41) is 1.48. The highest BCUT2D eigenvalue weighted by atomic mass is 35.5. The van der Waals surface area contributed by atoms with Crippen LogP contribution in [0.5, 0.6) is 0 Å². The molecule has 104 valence electrons. The maximum atomic E-state index is 12.7. The van der Waals surface area contributed by atoms with Crippen molar-refractivity contribution in [3.63, 3.8) is 0 Å². The van der Waals surface area contributed by atoms with Crippen molar-refractivity contribution >= 4 is 34.2 Å². The van der Waals surface area contributed by atoms with E-state index in [9.17, 15) is 4.79 Å². The molecule has 0 saturated heterocycles. The zero-order valence-corrected chi connectivity index (χ0v) is 11.9. The molecule has 0 spiro atoms. The molecule has 0 aliphatic carbocycles. The Bertz CT molecular complexity index is 853. The van der Waals surface area contributed by atoms with Gasteiger partial charge in [-0.15, -0.1) is 0 Å². The first kappa shape index (κ1) is 12.5. The summed E-state index contributed by atoms with van der Waals surface area (Å²) in [6, 6.07) is 15.1. The van der Waals surface area contributed by atoms with E-state index in [1.807, 2.05) is 18.2 Å². The topological polar surface area (TPSA) is 33.5 Å². The van der Waals surface area contributed by atoms with Crippen molar-refractivity contribution in [1.29, 1.82) is 0 Å². The fraction of sp³-hybridized carbons (Fsp3) is 0.118. The van der Waals surface area contributed by atoms with Crippen molar-refractivity contribution in [2.75, 3.05) is 11.4 Å². The van der Waals surface area contributed by atoms with Crippen LogP contribution in [-0.2, 0) is 6.42 Å². The second-order valence-electron chi connectivity index (χ2n) is 5.13. The molecule has 0 radical (unpaired) electrons. The summed E-state index contributed by atoms with van der Waals surface area (Å²) in [6.07, 6.45) is 0.883. The van der Waals surface area contributed by atoms with E-state index in [1.165, 1.54) is 5.56 Å². The molecule has 4 rings (SSSR count). The number of nitrogens with zero attached hydrogens (tertiary/aromatic N) is 1. The Morgan fingerprint density at radius 2 is 2.00 bits per heavy atom. The van der Waals surface area contributed by atoms with E-state index in [2.05, 4.69) is 6.07 Å². The van der Waals surface area contributed by atoms with Crippen molar-refractivity contribution in [2.24, 2.45) is 0 Å². The van der Waals surface area contributed by atoms with Crippen LogP contribution in [-0.4, -0.2) is 12.5 Å². The van der Waals surface area contributed by atoms with Gasteiger partial charge in [0.15, 0.2) is 5.76 Å². The minimum absolute atomic E-state index is 0.104. The van der Waals surface area contributed by atoms with Crippen molar-refractivity contribution in [2.45, 2.75) is 6.42 Å². The number of carbonyl (C=O) groups is 1. The number of hydrogen-bond donors (Lipinski definition) is 0. The number of carbonyl (C=O) groups excluding carboxylic acids is 1. The average Bonchev–Trinajstić information content (AvgIpc) is 3.09. The second-order valence-corrected chi connectivity index (χ2v) is 5.56. The van der Waals surface area contributed by atoms with Crippen LogP contribution in [0.3, 0.4) is 0 Å². The molecule has 1 aliphatic heterocycles. The highest BCUT2D eigenvalue weighted by Gasteiger charge is 2.27. The molecule has 0 unspecified atom stereocenters. The van der Waals surface area contributed by atoms with Crippen LogP contribution in [0.15, 0.2) is 52.9 Å². The third-order valence-electron chi connectivity index (χ3n) is 3.82. The standard InChI is InChI=1S/C17H12ClNO2/c18-13-5-6-15-12(9-13)10-16(21-15)17(20)19-8-7-11-3-1-2-4-14(11)19/h1-6,9-10H,7-8H2. The first-order valence-electron chi connectivity index (χ1n) is 6.81. The number of furan rings is 1. The summed E-state index contributed by atoms with van der Waals surface area (Å²) in [6.45, 7) is 0.690. The quantitative estimate of drug-likeness (QED) is 0.671. The summed E-state index contributed by atoms with van der Waals surface area (Å²) in [5.41, 5.74) is 2.85.